The zero-order chi connectivity index (χ0) is 36.1. The largest absolute Gasteiger partial charge is 0.507 e. The fourth-order valence-corrected chi connectivity index (χ4v) is 4.59. The fourth-order valence-electron chi connectivity index (χ4n) is 4.59. The zero-order valence-electron chi connectivity index (χ0n) is 26.6. The summed E-state index contributed by atoms with van der Waals surface area (Å²) in [5.74, 6) is -3.87. The molecule has 49 heavy (non-hydrogen) atoms. The minimum absolute atomic E-state index is 0.0160. The third kappa shape index (κ3) is 10.5. The summed E-state index contributed by atoms with van der Waals surface area (Å²) in [6.45, 7) is 3.91. The maximum Gasteiger partial charge on any atom is 0.343 e. The number of hydrogen-bond donors (Lipinski definition) is 3. The van der Waals surface area contributed by atoms with Crippen molar-refractivity contribution in [3.8, 4) is 17.2 Å². The molecule has 4 aromatic carbocycles. The number of carbonyl (C=O) groups excluding carboxylic acids is 3. The molecule has 5 rings (SSSR count). The first-order valence-corrected chi connectivity index (χ1v) is 14.6. The molecule has 0 fully saturated rings. The number of carboxylic acid groups (broad SMARTS) is 2. The Hall–Kier alpha value is -6.56. The molecule has 1 aromatic heterocycles. The minimum atomic E-state index is -1.11. The Morgan fingerprint density at radius 1 is 0.653 bits per heavy atom. The van der Waals surface area contributed by atoms with Crippen LogP contribution in [0.2, 0.25) is 0 Å². The predicted molar refractivity (Wildman–Crippen MR) is 177 cm³/mol. The van der Waals surface area contributed by atoms with Crippen LogP contribution in [0.15, 0.2) is 112 Å². The first-order valence-electron chi connectivity index (χ1n) is 14.6. The van der Waals surface area contributed by atoms with E-state index in [1.54, 1.807) is 48.5 Å². The molecule has 1 atom stereocenters. The number of esters is 2. The molecule has 252 valence electrons. The molecule has 0 amide bonds. The number of carboxylic acids is 2. The second-order valence-corrected chi connectivity index (χ2v) is 10.3. The van der Waals surface area contributed by atoms with Crippen molar-refractivity contribution in [3.63, 3.8) is 0 Å². The summed E-state index contributed by atoms with van der Waals surface area (Å²) in [6, 6.07) is 28.0. The summed E-state index contributed by atoms with van der Waals surface area (Å²) < 4.78 is 14.7. The van der Waals surface area contributed by atoms with E-state index in [2.05, 4.69) is 9.47 Å². The molecule has 0 saturated heterocycles. The van der Waals surface area contributed by atoms with Gasteiger partial charge in [-0.1, -0.05) is 66.7 Å². The van der Waals surface area contributed by atoms with Gasteiger partial charge in [0, 0.05) is 26.2 Å². The highest BCUT2D eigenvalue weighted by Crippen LogP contribution is 2.36. The van der Waals surface area contributed by atoms with Gasteiger partial charge in [0.25, 0.3) is 0 Å². The fraction of sp³-hybridized carbons (Fsp3) is 0.135. The van der Waals surface area contributed by atoms with Crippen molar-refractivity contribution < 1.29 is 53.2 Å². The Bertz CT molecular complexity index is 1960. The maximum absolute atomic E-state index is 12.4. The number of para-hydroxylation sites is 3. The molecule has 0 spiro atoms. The highest BCUT2D eigenvalue weighted by atomic mass is 16.5. The number of benzene rings is 4. The summed E-state index contributed by atoms with van der Waals surface area (Å²) >= 11 is 0. The normalized spacial score (nSPS) is 10.7. The van der Waals surface area contributed by atoms with Crippen LogP contribution < -0.4 is 15.1 Å². The average molecular weight is 669 g/mol. The molecule has 0 saturated carbocycles. The summed E-state index contributed by atoms with van der Waals surface area (Å²) in [5, 5.41) is 28.4. The molecule has 1 unspecified atom stereocenters. The van der Waals surface area contributed by atoms with Gasteiger partial charge < -0.3 is 29.2 Å². The number of hydrogen-bond acceptors (Lipinski definition) is 10. The van der Waals surface area contributed by atoms with Gasteiger partial charge in [-0.2, -0.15) is 0 Å². The zero-order valence-corrected chi connectivity index (χ0v) is 26.6. The van der Waals surface area contributed by atoms with Crippen LogP contribution in [0.5, 0.6) is 17.2 Å². The summed E-state index contributed by atoms with van der Waals surface area (Å²) in [7, 11) is 0. The van der Waals surface area contributed by atoms with Crippen molar-refractivity contribution in [2.24, 2.45) is 0 Å². The average Bonchev–Trinajstić information content (AvgIpc) is 3.05. The number of carbonyl (C=O) groups is 5. The van der Waals surface area contributed by atoms with Crippen LogP contribution in [0, 0.1) is 0 Å². The number of fused-ring (bicyclic) bond motifs is 1. The molecule has 0 radical (unpaired) electrons. The second kappa shape index (κ2) is 17.4. The van der Waals surface area contributed by atoms with Gasteiger partial charge in [-0.15, -0.1) is 0 Å². The number of ether oxygens (including phenoxy) is 2. The molecule has 0 aliphatic rings. The Kier molecular flexibility index (Phi) is 13.1. The van der Waals surface area contributed by atoms with Crippen LogP contribution in [0.4, 0.5) is 0 Å². The SMILES string of the molecule is CC(=O)CC(c1ccccc1)c1c(O)c2ccccc2oc1=O.CC(=O)Oc1ccccc1C(=O)O.CC(=O)Oc1ccccc1C(=O)O. The number of aromatic carboxylic acids is 2. The molecule has 12 nitrogen and oxygen atoms in total. The van der Waals surface area contributed by atoms with Crippen molar-refractivity contribution in [2.75, 3.05) is 0 Å². The van der Waals surface area contributed by atoms with Gasteiger partial charge in [0.05, 0.1) is 10.9 Å². The van der Waals surface area contributed by atoms with E-state index in [1.807, 2.05) is 30.3 Å². The van der Waals surface area contributed by atoms with E-state index < -0.39 is 35.4 Å². The second-order valence-electron chi connectivity index (χ2n) is 10.3. The van der Waals surface area contributed by atoms with E-state index in [9.17, 15) is 33.9 Å². The number of Topliss-reactive ketones (excluding diaryl/α,β-unsaturated/α-hetero) is 1. The molecule has 5 aromatic rings. The number of aromatic hydroxyl groups is 1. The van der Waals surface area contributed by atoms with E-state index in [0.29, 0.717) is 11.0 Å². The van der Waals surface area contributed by atoms with Gasteiger partial charge in [-0.05, 0) is 48.9 Å². The lowest BCUT2D eigenvalue weighted by Gasteiger charge is -2.17. The minimum Gasteiger partial charge on any atom is -0.507 e. The number of ketones is 1. The highest BCUT2D eigenvalue weighted by molar-refractivity contribution is 5.92. The first-order chi connectivity index (χ1) is 23.3. The third-order valence-electron chi connectivity index (χ3n) is 6.60. The lowest BCUT2D eigenvalue weighted by atomic mass is 9.87. The maximum atomic E-state index is 12.4. The monoisotopic (exact) mass is 668 g/mol. The summed E-state index contributed by atoms with van der Waals surface area (Å²) in [4.78, 5) is 66.5. The molecule has 0 aliphatic carbocycles. The van der Waals surface area contributed by atoms with Crippen molar-refractivity contribution in [2.45, 2.75) is 33.1 Å². The van der Waals surface area contributed by atoms with E-state index in [0.717, 1.165) is 5.56 Å². The molecule has 0 bridgehead atoms. The van der Waals surface area contributed by atoms with Crippen molar-refractivity contribution in [3.05, 3.63) is 136 Å². The summed E-state index contributed by atoms with van der Waals surface area (Å²) in [5.41, 5.74) is 0.603. The highest BCUT2D eigenvalue weighted by Gasteiger charge is 2.25. The predicted octanol–water partition coefficient (Wildman–Crippen LogP) is 6.23. The van der Waals surface area contributed by atoms with Crippen LogP contribution >= 0.6 is 0 Å². The van der Waals surface area contributed by atoms with Crippen LogP contribution in [0.25, 0.3) is 11.0 Å². The van der Waals surface area contributed by atoms with Gasteiger partial charge in [-0.3, -0.25) is 14.4 Å². The summed E-state index contributed by atoms with van der Waals surface area (Å²) in [6.07, 6.45) is 0.126. The molecule has 12 heteroatoms. The van der Waals surface area contributed by atoms with Crippen LogP contribution in [0.3, 0.4) is 0 Å². The van der Waals surface area contributed by atoms with E-state index in [-0.39, 0.29) is 46.1 Å². The van der Waals surface area contributed by atoms with Gasteiger partial charge >= 0.3 is 29.5 Å². The van der Waals surface area contributed by atoms with E-state index in [4.69, 9.17) is 14.6 Å². The topological polar surface area (TPSA) is 195 Å². The molecule has 1 heterocycles. The molecular weight excluding hydrogens is 636 g/mol. The Balaban J connectivity index is 0.000000215. The van der Waals surface area contributed by atoms with Gasteiger partial charge in [0.2, 0.25) is 0 Å². The van der Waals surface area contributed by atoms with Crippen LogP contribution in [-0.2, 0) is 14.4 Å². The standard InChI is InChI=1S/C19H16O4.2C9H8O4/c1-12(20)11-15(13-7-3-2-4-8-13)17-18(21)14-9-5-6-10-16(14)23-19(17)22;2*1-6(10)13-8-5-3-2-4-7(8)9(11)12/h2-10,15,21H,11H2,1H3;2*2-5H,1H3,(H,11,12). The van der Waals surface area contributed by atoms with E-state index >= 15 is 0 Å². The molecular formula is C37H32O12. The Labute approximate surface area is 279 Å². The third-order valence-corrected chi connectivity index (χ3v) is 6.60. The lowest BCUT2D eigenvalue weighted by molar-refractivity contribution is -0.132. The van der Waals surface area contributed by atoms with Crippen LogP contribution in [-0.4, -0.2) is 45.0 Å². The van der Waals surface area contributed by atoms with Gasteiger partial charge in [0.15, 0.2) is 0 Å². The lowest BCUT2D eigenvalue weighted by Crippen LogP contribution is -2.16. The Morgan fingerprint density at radius 3 is 1.57 bits per heavy atom. The van der Waals surface area contributed by atoms with E-state index in [1.165, 1.54) is 45.0 Å². The van der Waals surface area contributed by atoms with Crippen LogP contribution in [0.1, 0.15) is 65.0 Å². The Morgan fingerprint density at radius 2 is 1.10 bits per heavy atom. The van der Waals surface area contributed by atoms with Crippen molar-refractivity contribution in [1.29, 1.82) is 0 Å². The first kappa shape index (κ1) is 36.9. The molecule has 0 aliphatic heterocycles. The molecule has 3 N–H and O–H groups in total. The number of rotatable bonds is 8. The van der Waals surface area contributed by atoms with Gasteiger partial charge in [-0.25, -0.2) is 14.4 Å². The quantitative estimate of drug-likeness (QED) is 0.0960. The van der Waals surface area contributed by atoms with Gasteiger partial charge in [0.1, 0.15) is 39.7 Å². The smallest absolute Gasteiger partial charge is 0.343 e. The van der Waals surface area contributed by atoms with Crippen molar-refractivity contribution in [1.82, 2.24) is 0 Å². The van der Waals surface area contributed by atoms with Crippen molar-refractivity contribution >= 4 is 40.6 Å².